The molecule has 0 radical (unpaired) electrons. The van der Waals surface area contributed by atoms with E-state index in [1.54, 1.807) is 0 Å². The molecule has 0 fully saturated rings. The Morgan fingerprint density at radius 3 is 1.88 bits per heavy atom. The van der Waals surface area contributed by atoms with Crippen molar-refractivity contribution >= 4 is 0 Å². The Morgan fingerprint density at radius 1 is 1.00 bits per heavy atom. The first-order valence-electron chi connectivity index (χ1n) is 6.46. The molecule has 92 valence electrons. The van der Waals surface area contributed by atoms with Crippen molar-refractivity contribution in [3.05, 3.63) is 34.9 Å². The predicted molar refractivity (Wildman–Crippen MR) is 75.2 cm³/mol. The molecular weight excluding hydrogens is 192 g/mol. The molecule has 1 aromatic rings. The Morgan fingerprint density at radius 2 is 1.50 bits per heavy atom. The molecule has 0 unspecified atom stereocenters. The SMILES string of the molecule is CCC.CCc1cc(C(C)(C)C)ccc1C. The summed E-state index contributed by atoms with van der Waals surface area (Å²) in [6.07, 6.45) is 2.38. The van der Waals surface area contributed by atoms with Crippen molar-refractivity contribution in [1.82, 2.24) is 0 Å². The predicted octanol–water partition coefficient (Wildman–Crippen LogP) is 5.27. The average Bonchev–Trinajstić information content (AvgIpc) is 2.18. The number of aryl methyl sites for hydroxylation is 2. The van der Waals surface area contributed by atoms with Crippen molar-refractivity contribution < 1.29 is 0 Å². The van der Waals surface area contributed by atoms with Crippen molar-refractivity contribution in [2.45, 2.75) is 66.7 Å². The first-order valence-corrected chi connectivity index (χ1v) is 6.46. The lowest BCUT2D eigenvalue weighted by atomic mass is 9.85. The van der Waals surface area contributed by atoms with Crippen LogP contribution < -0.4 is 0 Å². The summed E-state index contributed by atoms with van der Waals surface area (Å²) in [5, 5.41) is 0. The first-order chi connectivity index (χ1) is 7.36. The molecule has 0 saturated heterocycles. The van der Waals surface area contributed by atoms with E-state index >= 15 is 0 Å². The number of hydrogen-bond acceptors (Lipinski definition) is 0. The lowest BCUT2D eigenvalue weighted by molar-refractivity contribution is 0.589. The highest BCUT2D eigenvalue weighted by Crippen LogP contribution is 2.24. The van der Waals surface area contributed by atoms with Gasteiger partial charge in [-0.1, -0.05) is 66.2 Å². The molecule has 0 heterocycles. The molecule has 1 aromatic carbocycles. The van der Waals surface area contributed by atoms with Crippen molar-refractivity contribution in [2.75, 3.05) is 0 Å². The van der Waals surface area contributed by atoms with E-state index in [1.165, 1.54) is 23.1 Å². The minimum Gasteiger partial charge on any atom is -0.0656 e. The van der Waals surface area contributed by atoms with E-state index in [1.807, 2.05) is 0 Å². The molecule has 0 aliphatic rings. The fourth-order valence-electron chi connectivity index (χ4n) is 1.52. The molecule has 0 aliphatic carbocycles. The van der Waals surface area contributed by atoms with Gasteiger partial charge in [-0.25, -0.2) is 0 Å². The van der Waals surface area contributed by atoms with Crippen LogP contribution in [-0.2, 0) is 11.8 Å². The molecular formula is C16H28. The van der Waals surface area contributed by atoms with Crippen molar-refractivity contribution in [1.29, 1.82) is 0 Å². The van der Waals surface area contributed by atoms with Crippen molar-refractivity contribution in [2.24, 2.45) is 0 Å². The zero-order valence-corrected chi connectivity index (χ0v) is 12.1. The third kappa shape index (κ3) is 4.83. The van der Waals surface area contributed by atoms with Crippen LogP contribution in [-0.4, -0.2) is 0 Å². The lowest BCUT2D eigenvalue weighted by Crippen LogP contribution is -2.11. The van der Waals surface area contributed by atoms with Gasteiger partial charge in [0, 0.05) is 0 Å². The van der Waals surface area contributed by atoms with Gasteiger partial charge in [0.05, 0.1) is 0 Å². The van der Waals surface area contributed by atoms with Gasteiger partial charge >= 0.3 is 0 Å². The van der Waals surface area contributed by atoms with E-state index in [0.717, 1.165) is 6.42 Å². The van der Waals surface area contributed by atoms with Crippen LogP contribution in [0.3, 0.4) is 0 Å². The molecule has 0 aliphatic heterocycles. The van der Waals surface area contributed by atoms with Gasteiger partial charge < -0.3 is 0 Å². The van der Waals surface area contributed by atoms with Crippen LogP contribution in [0.25, 0.3) is 0 Å². The third-order valence-electron chi connectivity index (χ3n) is 2.60. The second-order valence-electron chi connectivity index (χ2n) is 5.45. The van der Waals surface area contributed by atoms with Gasteiger partial charge in [-0.15, -0.1) is 0 Å². The molecule has 0 saturated carbocycles. The van der Waals surface area contributed by atoms with E-state index in [-0.39, 0.29) is 5.41 Å². The topological polar surface area (TPSA) is 0 Å². The third-order valence-corrected chi connectivity index (χ3v) is 2.60. The molecule has 0 aromatic heterocycles. The summed E-state index contributed by atoms with van der Waals surface area (Å²) in [5.41, 5.74) is 4.61. The Hall–Kier alpha value is -0.780. The second kappa shape index (κ2) is 6.73. The molecule has 0 heteroatoms. The highest BCUT2D eigenvalue weighted by Gasteiger charge is 2.13. The zero-order valence-electron chi connectivity index (χ0n) is 12.1. The second-order valence-corrected chi connectivity index (χ2v) is 5.45. The van der Waals surface area contributed by atoms with Crippen LogP contribution in [0.1, 0.15) is 64.7 Å². The van der Waals surface area contributed by atoms with Crippen LogP contribution >= 0.6 is 0 Å². The van der Waals surface area contributed by atoms with E-state index in [0.29, 0.717) is 0 Å². The summed E-state index contributed by atoms with van der Waals surface area (Å²) < 4.78 is 0. The molecule has 16 heavy (non-hydrogen) atoms. The van der Waals surface area contributed by atoms with E-state index in [2.05, 4.69) is 66.7 Å². The number of rotatable bonds is 1. The van der Waals surface area contributed by atoms with Crippen LogP contribution in [0.2, 0.25) is 0 Å². The number of benzene rings is 1. The summed E-state index contributed by atoms with van der Waals surface area (Å²) in [6.45, 7) is 15.4. The summed E-state index contributed by atoms with van der Waals surface area (Å²) >= 11 is 0. The van der Waals surface area contributed by atoms with Gasteiger partial charge in [-0.2, -0.15) is 0 Å². The fraction of sp³-hybridized carbons (Fsp3) is 0.625. The number of hydrogen-bond donors (Lipinski definition) is 0. The summed E-state index contributed by atoms with van der Waals surface area (Å²) in [7, 11) is 0. The molecule has 0 amide bonds. The van der Waals surface area contributed by atoms with Crippen LogP contribution in [0.5, 0.6) is 0 Å². The van der Waals surface area contributed by atoms with Crippen molar-refractivity contribution in [3.8, 4) is 0 Å². The molecule has 0 N–H and O–H groups in total. The van der Waals surface area contributed by atoms with E-state index in [4.69, 9.17) is 0 Å². The zero-order chi connectivity index (χ0) is 12.8. The van der Waals surface area contributed by atoms with Crippen LogP contribution in [0.15, 0.2) is 18.2 Å². The maximum atomic E-state index is 2.34. The standard InChI is InChI=1S/C13H20.C3H8/c1-6-11-9-12(13(3,4)5)8-7-10(11)2;1-3-2/h7-9H,6H2,1-5H3;3H2,1-2H3. The Kier molecular flexibility index (Phi) is 6.40. The van der Waals surface area contributed by atoms with Crippen LogP contribution in [0.4, 0.5) is 0 Å². The van der Waals surface area contributed by atoms with Gasteiger partial charge in [-0.3, -0.25) is 0 Å². The van der Waals surface area contributed by atoms with Crippen molar-refractivity contribution in [3.63, 3.8) is 0 Å². The first kappa shape index (κ1) is 15.2. The molecule has 1 rings (SSSR count). The molecule has 0 spiro atoms. The molecule has 0 bridgehead atoms. The lowest BCUT2D eigenvalue weighted by Gasteiger charge is -2.20. The maximum absolute atomic E-state index is 2.34. The fourth-order valence-corrected chi connectivity index (χ4v) is 1.52. The van der Waals surface area contributed by atoms with E-state index in [9.17, 15) is 0 Å². The van der Waals surface area contributed by atoms with Gasteiger partial charge in [0.25, 0.3) is 0 Å². The molecule has 0 nitrogen and oxygen atoms in total. The van der Waals surface area contributed by atoms with Gasteiger partial charge in [0.15, 0.2) is 0 Å². The Balaban J connectivity index is 0.000000673. The minimum atomic E-state index is 0.275. The van der Waals surface area contributed by atoms with Gasteiger partial charge in [0.1, 0.15) is 0 Å². The maximum Gasteiger partial charge on any atom is -0.0132 e. The van der Waals surface area contributed by atoms with E-state index < -0.39 is 0 Å². The average molecular weight is 220 g/mol. The van der Waals surface area contributed by atoms with Gasteiger partial charge in [0.2, 0.25) is 0 Å². The monoisotopic (exact) mass is 220 g/mol. The highest BCUT2D eigenvalue weighted by molar-refractivity contribution is 5.34. The van der Waals surface area contributed by atoms with Crippen LogP contribution in [0, 0.1) is 6.92 Å². The normalized spacial score (nSPS) is 10.7. The highest BCUT2D eigenvalue weighted by atomic mass is 14.2. The Bertz CT molecular complexity index is 302. The quantitative estimate of drug-likeness (QED) is 0.604. The Labute approximate surface area is 102 Å². The smallest absolute Gasteiger partial charge is 0.0132 e. The summed E-state index contributed by atoms with van der Waals surface area (Å²) in [4.78, 5) is 0. The minimum absolute atomic E-state index is 0.275. The summed E-state index contributed by atoms with van der Waals surface area (Å²) in [6, 6.07) is 6.82. The van der Waals surface area contributed by atoms with Gasteiger partial charge in [-0.05, 0) is 35.4 Å². The molecule has 0 atom stereocenters. The largest absolute Gasteiger partial charge is 0.0656 e. The summed E-state index contributed by atoms with van der Waals surface area (Å²) in [5.74, 6) is 0.